The third-order valence-electron chi connectivity index (χ3n) is 5.68. The molecule has 0 aromatic heterocycles. The van der Waals surface area contributed by atoms with Crippen molar-refractivity contribution >= 4 is 23.4 Å². The molecule has 4 rings (SSSR count). The number of fused-ring (bicyclic) bond motifs is 1. The minimum absolute atomic E-state index is 0.0610. The zero-order valence-corrected chi connectivity index (χ0v) is 15.4. The van der Waals surface area contributed by atoms with Gasteiger partial charge in [0.2, 0.25) is 5.91 Å². The fraction of sp³-hybridized carbons (Fsp3) is 0.550. The van der Waals surface area contributed by atoms with Gasteiger partial charge < -0.3 is 20.9 Å². The summed E-state index contributed by atoms with van der Waals surface area (Å²) in [5.41, 5.74) is 1.21. The summed E-state index contributed by atoms with van der Waals surface area (Å²) in [6.07, 6.45) is 5.01. The maximum absolute atomic E-state index is 12.5. The highest BCUT2D eigenvalue weighted by atomic mass is 16.2. The van der Waals surface area contributed by atoms with Gasteiger partial charge in [0.15, 0.2) is 0 Å². The number of piperidine rings is 1. The molecular formula is C20H26N4O3. The standard InChI is InChI=1S/C20H26N4O3/c25-18-11-22-20(27)16-4-3-15(9-17(16)23-18)19(26)21-10-13-5-7-24(8-6-13)12-14-1-2-14/h3-4,9,13-14H,1-2,5-8,10-12H2,(H,21,26)(H,22,27)(H,23,25). The van der Waals surface area contributed by atoms with E-state index in [9.17, 15) is 14.4 Å². The molecule has 1 saturated heterocycles. The van der Waals surface area contributed by atoms with Crippen molar-refractivity contribution in [2.45, 2.75) is 25.7 Å². The van der Waals surface area contributed by atoms with Crippen molar-refractivity contribution in [3.63, 3.8) is 0 Å². The Kier molecular flexibility index (Phi) is 5.11. The molecule has 7 heteroatoms. The molecule has 1 aliphatic carbocycles. The van der Waals surface area contributed by atoms with Crippen LogP contribution in [-0.2, 0) is 4.79 Å². The second kappa shape index (κ2) is 7.68. The predicted octanol–water partition coefficient (Wildman–Crippen LogP) is 1.22. The molecule has 2 aliphatic heterocycles. The van der Waals surface area contributed by atoms with E-state index in [0.717, 1.165) is 31.8 Å². The quantitative estimate of drug-likeness (QED) is 0.727. The van der Waals surface area contributed by atoms with Crippen LogP contribution in [0.25, 0.3) is 0 Å². The topological polar surface area (TPSA) is 90.5 Å². The number of rotatable bonds is 5. The molecule has 3 aliphatic rings. The number of hydrogen-bond donors (Lipinski definition) is 3. The molecule has 2 fully saturated rings. The second-order valence-electron chi connectivity index (χ2n) is 7.89. The van der Waals surface area contributed by atoms with Crippen LogP contribution in [0.15, 0.2) is 18.2 Å². The van der Waals surface area contributed by atoms with Crippen molar-refractivity contribution in [1.82, 2.24) is 15.5 Å². The number of nitrogens with zero attached hydrogens (tertiary/aromatic N) is 1. The van der Waals surface area contributed by atoms with Gasteiger partial charge in [0.1, 0.15) is 0 Å². The van der Waals surface area contributed by atoms with Crippen LogP contribution in [-0.4, -0.2) is 55.3 Å². The summed E-state index contributed by atoms with van der Waals surface area (Å²) in [7, 11) is 0. The first-order valence-electron chi connectivity index (χ1n) is 9.81. The number of benzene rings is 1. The molecule has 1 saturated carbocycles. The number of carbonyl (C=O) groups excluding carboxylic acids is 3. The maximum atomic E-state index is 12.5. The van der Waals surface area contributed by atoms with Crippen molar-refractivity contribution in [2.75, 3.05) is 38.0 Å². The average Bonchev–Trinajstić information content (AvgIpc) is 3.50. The summed E-state index contributed by atoms with van der Waals surface area (Å²) in [5, 5.41) is 8.21. The van der Waals surface area contributed by atoms with Crippen molar-refractivity contribution in [1.29, 1.82) is 0 Å². The van der Waals surface area contributed by atoms with Crippen molar-refractivity contribution in [3.8, 4) is 0 Å². The van der Waals surface area contributed by atoms with Crippen LogP contribution in [0.1, 0.15) is 46.4 Å². The Balaban J connectivity index is 1.31. The molecule has 1 aromatic rings. The highest BCUT2D eigenvalue weighted by Gasteiger charge is 2.27. The van der Waals surface area contributed by atoms with Crippen molar-refractivity contribution in [3.05, 3.63) is 29.3 Å². The van der Waals surface area contributed by atoms with Crippen LogP contribution in [0, 0.1) is 11.8 Å². The van der Waals surface area contributed by atoms with Gasteiger partial charge >= 0.3 is 0 Å². The third-order valence-corrected chi connectivity index (χ3v) is 5.68. The van der Waals surface area contributed by atoms with Gasteiger partial charge in [-0.2, -0.15) is 0 Å². The first-order chi connectivity index (χ1) is 13.1. The molecule has 3 amide bonds. The molecule has 2 heterocycles. The Labute approximate surface area is 158 Å². The van der Waals surface area contributed by atoms with Gasteiger partial charge in [-0.1, -0.05) is 0 Å². The zero-order valence-electron chi connectivity index (χ0n) is 15.4. The van der Waals surface area contributed by atoms with E-state index in [0.29, 0.717) is 29.3 Å². The molecule has 0 atom stereocenters. The minimum atomic E-state index is -0.312. The molecule has 144 valence electrons. The van der Waals surface area contributed by atoms with Gasteiger partial charge in [-0.05, 0) is 68.8 Å². The van der Waals surface area contributed by atoms with E-state index in [1.807, 2.05) is 0 Å². The van der Waals surface area contributed by atoms with Crippen molar-refractivity contribution < 1.29 is 14.4 Å². The summed E-state index contributed by atoms with van der Waals surface area (Å²) in [6, 6.07) is 4.79. The highest BCUT2D eigenvalue weighted by molar-refractivity contribution is 6.09. The van der Waals surface area contributed by atoms with Crippen LogP contribution >= 0.6 is 0 Å². The van der Waals surface area contributed by atoms with E-state index >= 15 is 0 Å². The zero-order chi connectivity index (χ0) is 18.8. The molecule has 7 nitrogen and oxygen atoms in total. The predicted molar refractivity (Wildman–Crippen MR) is 102 cm³/mol. The fourth-order valence-corrected chi connectivity index (χ4v) is 3.81. The second-order valence-corrected chi connectivity index (χ2v) is 7.89. The van der Waals surface area contributed by atoms with Gasteiger partial charge in [0.25, 0.3) is 11.8 Å². The number of nitrogens with one attached hydrogen (secondary N) is 3. The lowest BCUT2D eigenvalue weighted by molar-refractivity contribution is -0.115. The fourth-order valence-electron chi connectivity index (χ4n) is 3.81. The summed E-state index contributed by atoms with van der Waals surface area (Å²) in [4.78, 5) is 38.7. The Bertz CT molecular complexity index is 752. The van der Waals surface area contributed by atoms with Crippen LogP contribution in [0.4, 0.5) is 5.69 Å². The Morgan fingerprint density at radius 1 is 1.11 bits per heavy atom. The molecule has 0 spiro atoms. The first kappa shape index (κ1) is 18.0. The summed E-state index contributed by atoms with van der Waals surface area (Å²) in [5.74, 6) is 0.663. The Morgan fingerprint density at radius 2 is 1.89 bits per heavy atom. The molecule has 0 unspecified atom stereocenters. The van der Waals surface area contributed by atoms with Crippen LogP contribution < -0.4 is 16.0 Å². The molecule has 0 bridgehead atoms. The normalized spacial score (nSPS) is 21.0. The Hall–Kier alpha value is -2.41. The number of amides is 3. The van der Waals surface area contributed by atoms with Gasteiger partial charge in [0, 0.05) is 18.7 Å². The smallest absolute Gasteiger partial charge is 0.253 e. The third kappa shape index (κ3) is 4.47. The lowest BCUT2D eigenvalue weighted by Crippen LogP contribution is -2.39. The largest absolute Gasteiger partial charge is 0.352 e. The number of anilines is 1. The lowest BCUT2D eigenvalue weighted by Gasteiger charge is -2.32. The number of likely N-dealkylation sites (tertiary alicyclic amines) is 1. The van der Waals surface area contributed by atoms with E-state index in [1.165, 1.54) is 19.4 Å². The van der Waals surface area contributed by atoms with Crippen LogP contribution in [0.5, 0.6) is 0 Å². The van der Waals surface area contributed by atoms with Crippen molar-refractivity contribution in [2.24, 2.45) is 11.8 Å². The van der Waals surface area contributed by atoms with E-state index in [-0.39, 0.29) is 24.3 Å². The monoisotopic (exact) mass is 370 g/mol. The van der Waals surface area contributed by atoms with E-state index in [1.54, 1.807) is 18.2 Å². The number of hydrogen-bond acceptors (Lipinski definition) is 4. The van der Waals surface area contributed by atoms with Crippen LogP contribution in [0.2, 0.25) is 0 Å². The van der Waals surface area contributed by atoms with Gasteiger partial charge in [0.05, 0.1) is 17.8 Å². The summed E-state index contributed by atoms with van der Waals surface area (Å²) < 4.78 is 0. The average molecular weight is 370 g/mol. The Morgan fingerprint density at radius 3 is 2.63 bits per heavy atom. The van der Waals surface area contributed by atoms with Gasteiger partial charge in [-0.25, -0.2) is 0 Å². The van der Waals surface area contributed by atoms with E-state index < -0.39 is 0 Å². The first-order valence-corrected chi connectivity index (χ1v) is 9.81. The maximum Gasteiger partial charge on any atom is 0.253 e. The molecular weight excluding hydrogens is 344 g/mol. The lowest BCUT2D eigenvalue weighted by atomic mass is 9.96. The SMILES string of the molecule is O=C1CNC(=O)c2ccc(C(=O)NCC3CCN(CC4CC4)CC3)cc2N1. The number of carbonyl (C=O) groups is 3. The summed E-state index contributed by atoms with van der Waals surface area (Å²) >= 11 is 0. The summed E-state index contributed by atoms with van der Waals surface area (Å²) in [6.45, 7) is 4.09. The molecule has 27 heavy (non-hydrogen) atoms. The van der Waals surface area contributed by atoms with E-state index in [2.05, 4.69) is 20.9 Å². The van der Waals surface area contributed by atoms with E-state index in [4.69, 9.17) is 0 Å². The molecule has 1 aromatic carbocycles. The van der Waals surface area contributed by atoms with Gasteiger partial charge in [-0.15, -0.1) is 0 Å². The molecule has 0 radical (unpaired) electrons. The minimum Gasteiger partial charge on any atom is -0.352 e. The highest BCUT2D eigenvalue weighted by Crippen LogP contribution is 2.31. The van der Waals surface area contributed by atoms with Gasteiger partial charge in [-0.3, -0.25) is 14.4 Å². The van der Waals surface area contributed by atoms with Crippen LogP contribution in [0.3, 0.4) is 0 Å². The molecule has 3 N–H and O–H groups in total.